The zero-order valence-electron chi connectivity index (χ0n) is 11.2. The van der Waals surface area contributed by atoms with Crippen LogP contribution in [0.2, 0.25) is 0 Å². The molecule has 1 amide bonds. The molecule has 2 aromatic carbocycles. The molecule has 4 nitrogen and oxygen atoms in total. The van der Waals surface area contributed by atoms with Crippen molar-refractivity contribution in [2.24, 2.45) is 5.73 Å². The van der Waals surface area contributed by atoms with E-state index >= 15 is 0 Å². The van der Waals surface area contributed by atoms with Crippen molar-refractivity contribution in [3.63, 3.8) is 0 Å². The van der Waals surface area contributed by atoms with Gasteiger partial charge in [-0.3, -0.25) is 4.79 Å². The van der Waals surface area contributed by atoms with E-state index < -0.39 is 11.7 Å². The van der Waals surface area contributed by atoms with Crippen LogP contribution in [0, 0.1) is 12.7 Å². The lowest BCUT2D eigenvalue weighted by Crippen LogP contribution is -2.15. The molecule has 0 unspecified atom stereocenters. The topological polar surface area (TPSA) is 75.4 Å². The van der Waals surface area contributed by atoms with Crippen LogP contribution in [0.15, 0.2) is 36.4 Å². The summed E-state index contributed by atoms with van der Waals surface area (Å²) in [5.74, 6) is -1.38. The van der Waals surface area contributed by atoms with Crippen molar-refractivity contribution >= 4 is 28.8 Å². The molecule has 0 spiro atoms. The monoisotopic (exact) mass is 304 g/mol. The van der Waals surface area contributed by atoms with E-state index in [2.05, 4.69) is 5.32 Å². The van der Waals surface area contributed by atoms with Crippen molar-refractivity contribution < 1.29 is 14.3 Å². The summed E-state index contributed by atoms with van der Waals surface area (Å²) in [6.45, 7) is 1.67. The maximum atomic E-state index is 13.9. The number of carbonyl (C=O) groups is 1. The van der Waals surface area contributed by atoms with Crippen molar-refractivity contribution in [1.82, 2.24) is 0 Å². The number of carbonyl (C=O) groups excluding carboxylic acids is 1. The molecule has 0 aliphatic rings. The first kappa shape index (κ1) is 14.9. The van der Waals surface area contributed by atoms with Gasteiger partial charge in [0.15, 0.2) is 0 Å². The summed E-state index contributed by atoms with van der Waals surface area (Å²) in [4.78, 5) is 12.1. The van der Waals surface area contributed by atoms with Gasteiger partial charge in [-0.1, -0.05) is 24.4 Å². The molecular formula is C15H13FN2O2S. The van der Waals surface area contributed by atoms with Gasteiger partial charge < -0.3 is 16.2 Å². The molecule has 108 valence electrons. The number of nitrogens with two attached hydrogens (primary N) is 1. The molecule has 6 heteroatoms. The van der Waals surface area contributed by atoms with Crippen molar-refractivity contribution in [2.75, 3.05) is 5.32 Å². The van der Waals surface area contributed by atoms with Crippen molar-refractivity contribution in [1.29, 1.82) is 0 Å². The normalized spacial score (nSPS) is 10.2. The summed E-state index contributed by atoms with van der Waals surface area (Å²) in [6, 6.07) is 8.79. The number of amides is 1. The molecule has 0 aromatic heterocycles. The molecule has 2 aromatic rings. The lowest BCUT2D eigenvalue weighted by molar-refractivity contribution is 0.102. The highest BCUT2D eigenvalue weighted by molar-refractivity contribution is 7.80. The predicted octanol–water partition coefficient (Wildman–Crippen LogP) is 2.73. The Bertz CT molecular complexity index is 732. The molecule has 0 fully saturated rings. The molecule has 2 rings (SSSR count). The maximum Gasteiger partial charge on any atom is 0.259 e. The summed E-state index contributed by atoms with van der Waals surface area (Å²) in [5.41, 5.74) is 6.41. The number of benzene rings is 2. The maximum absolute atomic E-state index is 13.9. The number of para-hydroxylation sites is 1. The van der Waals surface area contributed by atoms with Gasteiger partial charge in [0.2, 0.25) is 0 Å². The van der Waals surface area contributed by atoms with Crippen LogP contribution in [0.3, 0.4) is 0 Å². The number of aromatic hydroxyl groups is 1. The average Bonchev–Trinajstić information content (AvgIpc) is 2.43. The van der Waals surface area contributed by atoms with Gasteiger partial charge in [-0.05, 0) is 36.8 Å². The number of phenolic OH excluding ortho intramolecular Hbond substituents is 1. The van der Waals surface area contributed by atoms with Gasteiger partial charge in [-0.15, -0.1) is 0 Å². The molecule has 0 saturated carbocycles. The van der Waals surface area contributed by atoms with Gasteiger partial charge in [0.25, 0.3) is 5.91 Å². The smallest absolute Gasteiger partial charge is 0.259 e. The van der Waals surface area contributed by atoms with Crippen molar-refractivity contribution in [3.05, 3.63) is 58.9 Å². The number of nitrogens with one attached hydrogen (secondary N) is 1. The number of aryl methyl sites for hydroxylation is 1. The minimum atomic E-state index is -0.652. The number of phenols is 1. The van der Waals surface area contributed by atoms with E-state index in [4.69, 9.17) is 18.0 Å². The van der Waals surface area contributed by atoms with E-state index in [0.717, 1.165) is 6.07 Å². The number of thiocarbonyl (C=S) groups is 1. The Kier molecular flexibility index (Phi) is 4.18. The Morgan fingerprint density at radius 1 is 1.33 bits per heavy atom. The molecule has 0 bridgehead atoms. The third kappa shape index (κ3) is 3.17. The number of anilines is 1. The second-order valence-electron chi connectivity index (χ2n) is 4.48. The first-order valence-corrected chi connectivity index (χ1v) is 6.50. The highest BCUT2D eigenvalue weighted by Crippen LogP contribution is 2.23. The van der Waals surface area contributed by atoms with Crippen LogP contribution in [-0.2, 0) is 0 Å². The predicted molar refractivity (Wildman–Crippen MR) is 83.1 cm³/mol. The van der Waals surface area contributed by atoms with Crippen LogP contribution < -0.4 is 11.1 Å². The molecule has 4 N–H and O–H groups in total. The van der Waals surface area contributed by atoms with Gasteiger partial charge in [0, 0.05) is 5.56 Å². The van der Waals surface area contributed by atoms with Crippen LogP contribution in [0.1, 0.15) is 21.5 Å². The minimum absolute atomic E-state index is 0.0130. The van der Waals surface area contributed by atoms with Gasteiger partial charge in [0.05, 0.1) is 11.3 Å². The quantitative estimate of drug-likeness (QED) is 0.762. The standard InChI is InChI=1S/C15H13FN2O2S/c1-8-3-2-4-10(13(8)19)15(20)18-12-6-5-9(14(17)21)7-11(12)16/h2-7,19H,1H3,(H2,17,21)(H,18,20). The van der Waals surface area contributed by atoms with E-state index in [0.29, 0.717) is 11.1 Å². The van der Waals surface area contributed by atoms with E-state index in [1.807, 2.05) is 0 Å². The Morgan fingerprint density at radius 3 is 2.67 bits per heavy atom. The second kappa shape index (κ2) is 5.88. The Labute approximate surface area is 126 Å². The fourth-order valence-corrected chi connectivity index (χ4v) is 1.93. The zero-order chi connectivity index (χ0) is 15.6. The minimum Gasteiger partial charge on any atom is -0.507 e. The largest absolute Gasteiger partial charge is 0.507 e. The fraction of sp³-hybridized carbons (Fsp3) is 0.0667. The highest BCUT2D eigenvalue weighted by atomic mass is 32.1. The van der Waals surface area contributed by atoms with Crippen LogP contribution >= 0.6 is 12.2 Å². The lowest BCUT2D eigenvalue weighted by Gasteiger charge is -2.10. The van der Waals surface area contributed by atoms with E-state index in [1.165, 1.54) is 18.2 Å². The Hall–Kier alpha value is -2.47. The van der Waals surface area contributed by atoms with Crippen LogP contribution in [0.25, 0.3) is 0 Å². The summed E-state index contributed by atoms with van der Waals surface area (Å²) < 4.78 is 13.9. The van der Waals surface area contributed by atoms with Gasteiger partial charge in [0.1, 0.15) is 16.6 Å². The first-order valence-electron chi connectivity index (χ1n) is 6.09. The van der Waals surface area contributed by atoms with Gasteiger partial charge in [-0.2, -0.15) is 0 Å². The summed E-state index contributed by atoms with van der Waals surface area (Å²) in [6.07, 6.45) is 0. The molecular weight excluding hydrogens is 291 g/mol. The fourth-order valence-electron chi connectivity index (χ4n) is 1.80. The van der Waals surface area contributed by atoms with Gasteiger partial charge in [-0.25, -0.2) is 4.39 Å². The van der Waals surface area contributed by atoms with Crippen molar-refractivity contribution in [3.8, 4) is 5.75 Å². The molecule has 0 heterocycles. The van der Waals surface area contributed by atoms with Gasteiger partial charge >= 0.3 is 0 Å². The summed E-state index contributed by atoms with van der Waals surface area (Å²) in [7, 11) is 0. The van der Waals surface area contributed by atoms with E-state index in [-0.39, 0.29) is 22.0 Å². The SMILES string of the molecule is Cc1cccc(C(=O)Nc2ccc(C(N)=S)cc2F)c1O. The van der Waals surface area contributed by atoms with Crippen LogP contribution in [-0.4, -0.2) is 16.0 Å². The number of rotatable bonds is 3. The van der Waals surface area contributed by atoms with Crippen LogP contribution in [0.5, 0.6) is 5.75 Å². The molecule has 21 heavy (non-hydrogen) atoms. The molecule has 0 atom stereocenters. The first-order chi connectivity index (χ1) is 9.90. The van der Waals surface area contributed by atoms with E-state index in [9.17, 15) is 14.3 Å². The molecule has 0 aliphatic carbocycles. The summed E-state index contributed by atoms with van der Waals surface area (Å²) in [5, 5.41) is 12.2. The molecule has 0 aliphatic heterocycles. The molecule has 0 saturated heterocycles. The van der Waals surface area contributed by atoms with E-state index in [1.54, 1.807) is 19.1 Å². The number of hydrogen-bond donors (Lipinski definition) is 3. The average molecular weight is 304 g/mol. The van der Waals surface area contributed by atoms with Crippen molar-refractivity contribution in [2.45, 2.75) is 6.92 Å². The highest BCUT2D eigenvalue weighted by Gasteiger charge is 2.14. The molecule has 0 radical (unpaired) electrons. The summed E-state index contributed by atoms with van der Waals surface area (Å²) >= 11 is 4.75. The number of halogens is 1. The second-order valence-corrected chi connectivity index (χ2v) is 4.92. The Morgan fingerprint density at radius 2 is 2.05 bits per heavy atom. The third-order valence-corrected chi connectivity index (χ3v) is 3.22. The third-order valence-electron chi connectivity index (χ3n) is 2.98. The zero-order valence-corrected chi connectivity index (χ0v) is 12.0. The van der Waals surface area contributed by atoms with Crippen LogP contribution in [0.4, 0.5) is 10.1 Å². The Balaban J connectivity index is 2.28. The lowest BCUT2D eigenvalue weighted by atomic mass is 10.1. The number of hydrogen-bond acceptors (Lipinski definition) is 3.